The number of hydrogen-bond donors (Lipinski definition) is 0. The number of hydrogen-bond acceptors (Lipinski definition) is 7. The number of para-hydroxylation sites is 2. The average molecular weight is 481 g/mol. The fourth-order valence-corrected chi connectivity index (χ4v) is 4.92. The molecule has 2 aromatic carbocycles. The van der Waals surface area contributed by atoms with Gasteiger partial charge < -0.3 is 19.1 Å². The van der Waals surface area contributed by atoms with E-state index in [9.17, 15) is 9.59 Å². The molecule has 5 rings (SSSR count). The van der Waals surface area contributed by atoms with Gasteiger partial charge in [0, 0.05) is 58.3 Å². The maximum absolute atomic E-state index is 13.4. The molecule has 1 fully saturated rings. The molecular formula is C26H32N4O5. The summed E-state index contributed by atoms with van der Waals surface area (Å²) < 4.78 is 20.1. The molecule has 9 heteroatoms. The van der Waals surface area contributed by atoms with E-state index in [0.717, 1.165) is 44.0 Å². The van der Waals surface area contributed by atoms with Gasteiger partial charge in [-0.1, -0.05) is 12.1 Å². The van der Waals surface area contributed by atoms with Crippen LogP contribution in [0.2, 0.25) is 0 Å². The van der Waals surface area contributed by atoms with Gasteiger partial charge >= 0.3 is 5.69 Å². The third kappa shape index (κ3) is 4.48. The van der Waals surface area contributed by atoms with Crippen LogP contribution in [0.1, 0.15) is 13.3 Å². The minimum Gasteiger partial charge on any atom is -0.495 e. The quantitative estimate of drug-likeness (QED) is 0.535. The normalized spacial score (nSPS) is 16.3. The second-order valence-electron chi connectivity index (χ2n) is 8.85. The zero-order valence-electron chi connectivity index (χ0n) is 20.4. The maximum Gasteiger partial charge on any atom is 0.331 e. The number of methoxy groups -OCH3 is 1. The largest absolute Gasteiger partial charge is 0.495 e. The molecule has 2 aliphatic rings. The predicted octanol–water partition coefficient (Wildman–Crippen LogP) is 2.18. The molecule has 35 heavy (non-hydrogen) atoms. The molecule has 1 saturated heterocycles. The van der Waals surface area contributed by atoms with Crippen molar-refractivity contribution >= 4 is 16.6 Å². The molecule has 0 bridgehead atoms. The molecule has 0 aliphatic carbocycles. The highest BCUT2D eigenvalue weighted by molar-refractivity contribution is 5.82. The molecule has 0 unspecified atom stereocenters. The summed E-state index contributed by atoms with van der Waals surface area (Å²) in [5, 5.41) is 0.483. The van der Waals surface area contributed by atoms with Crippen LogP contribution in [0.4, 0.5) is 5.69 Å². The Morgan fingerprint density at radius 2 is 1.63 bits per heavy atom. The summed E-state index contributed by atoms with van der Waals surface area (Å²) in [4.78, 5) is 31.3. The number of aryl methyl sites for hydroxylation is 1. The first-order valence-corrected chi connectivity index (χ1v) is 12.3. The zero-order valence-corrected chi connectivity index (χ0v) is 20.4. The summed E-state index contributed by atoms with van der Waals surface area (Å²) in [6.07, 6.45) is 0.778. The molecule has 9 nitrogen and oxygen atoms in total. The lowest BCUT2D eigenvalue weighted by Gasteiger charge is -2.36. The third-order valence-electron chi connectivity index (χ3n) is 6.85. The van der Waals surface area contributed by atoms with Gasteiger partial charge in [0.1, 0.15) is 5.75 Å². The average Bonchev–Trinajstić information content (AvgIpc) is 3.13. The van der Waals surface area contributed by atoms with E-state index in [1.54, 1.807) is 23.8 Å². The van der Waals surface area contributed by atoms with E-state index in [0.29, 0.717) is 55.2 Å². The number of piperazine rings is 1. The first kappa shape index (κ1) is 23.3. The van der Waals surface area contributed by atoms with Crippen LogP contribution in [0.3, 0.4) is 0 Å². The first-order valence-electron chi connectivity index (χ1n) is 12.3. The Balaban J connectivity index is 1.35. The third-order valence-corrected chi connectivity index (χ3v) is 6.85. The highest BCUT2D eigenvalue weighted by Gasteiger charge is 2.21. The Hall–Kier alpha value is -3.46. The van der Waals surface area contributed by atoms with E-state index in [1.807, 2.05) is 25.1 Å². The van der Waals surface area contributed by atoms with Crippen LogP contribution < -0.4 is 30.4 Å². The van der Waals surface area contributed by atoms with Crippen LogP contribution >= 0.6 is 0 Å². The summed E-state index contributed by atoms with van der Waals surface area (Å²) in [6, 6.07) is 11.5. The Labute approximate surface area is 204 Å². The highest BCUT2D eigenvalue weighted by atomic mass is 16.5. The second-order valence-corrected chi connectivity index (χ2v) is 8.85. The van der Waals surface area contributed by atoms with Crippen LogP contribution in [0.25, 0.3) is 10.9 Å². The summed E-state index contributed by atoms with van der Waals surface area (Å²) in [7, 11) is 1.69. The molecule has 2 aliphatic heterocycles. The Kier molecular flexibility index (Phi) is 6.68. The predicted molar refractivity (Wildman–Crippen MR) is 135 cm³/mol. The van der Waals surface area contributed by atoms with Gasteiger partial charge in [0.2, 0.25) is 0 Å². The number of aromatic nitrogens is 2. The molecule has 0 saturated carbocycles. The van der Waals surface area contributed by atoms with Gasteiger partial charge in [0.05, 0.1) is 36.9 Å². The number of benzene rings is 2. The van der Waals surface area contributed by atoms with Crippen LogP contribution in [0, 0.1) is 0 Å². The van der Waals surface area contributed by atoms with E-state index < -0.39 is 0 Å². The maximum atomic E-state index is 13.4. The summed E-state index contributed by atoms with van der Waals surface area (Å²) in [5.74, 6) is 2.02. The minimum absolute atomic E-state index is 0.280. The van der Waals surface area contributed by atoms with Crippen molar-refractivity contribution in [1.29, 1.82) is 0 Å². The first-order chi connectivity index (χ1) is 17.1. The highest BCUT2D eigenvalue weighted by Crippen LogP contribution is 2.33. The van der Waals surface area contributed by atoms with Crippen molar-refractivity contribution in [2.75, 3.05) is 57.9 Å². The molecule has 186 valence electrons. The monoisotopic (exact) mass is 480 g/mol. The van der Waals surface area contributed by atoms with Gasteiger partial charge in [-0.2, -0.15) is 0 Å². The summed E-state index contributed by atoms with van der Waals surface area (Å²) in [6.45, 7) is 7.86. The van der Waals surface area contributed by atoms with Crippen LogP contribution in [0.15, 0.2) is 46.0 Å². The molecule has 0 amide bonds. The van der Waals surface area contributed by atoms with Crippen LogP contribution in [0.5, 0.6) is 17.2 Å². The van der Waals surface area contributed by atoms with Gasteiger partial charge in [-0.3, -0.25) is 18.8 Å². The van der Waals surface area contributed by atoms with Gasteiger partial charge in [0.15, 0.2) is 11.5 Å². The van der Waals surface area contributed by atoms with Gasteiger partial charge in [-0.25, -0.2) is 4.79 Å². The topological polar surface area (TPSA) is 78.2 Å². The summed E-state index contributed by atoms with van der Waals surface area (Å²) in [5.41, 5.74) is 1.12. The molecule has 0 spiro atoms. The van der Waals surface area contributed by atoms with E-state index in [1.165, 1.54) is 4.57 Å². The van der Waals surface area contributed by atoms with Gasteiger partial charge in [0.25, 0.3) is 5.56 Å². The Bertz CT molecular complexity index is 1320. The zero-order chi connectivity index (χ0) is 24.4. The van der Waals surface area contributed by atoms with Gasteiger partial charge in [-0.15, -0.1) is 0 Å². The lowest BCUT2D eigenvalue weighted by Crippen LogP contribution is -2.49. The lowest BCUT2D eigenvalue weighted by atomic mass is 10.2. The number of ether oxygens (including phenoxy) is 3. The van der Waals surface area contributed by atoms with Crippen molar-refractivity contribution < 1.29 is 14.2 Å². The van der Waals surface area contributed by atoms with Crippen molar-refractivity contribution in [2.45, 2.75) is 26.4 Å². The van der Waals surface area contributed by atoms with Gasteiger partial charge in [-0.05, 0) is 25.1 Å². The van der Waals surface area contributed by atoms with E-state index >= 15 is 0 Å². The van der Waals surface area contributed by atoms with Crippen molar-refractivity contribution in [3.05, 3.63) is 57.2 Å². The second kappa shape index (κ2) is 10.0. The van der Waals surface area contributed by atoms with Crippen LogP contribution in [-0.4, -0.2) is 67.1 Å². The molecular weight excluding hydrogens is 448 g/mol. The van der Waals surface area contributed by atoms with E-state index in [-0.39, 0.29) is 11.2 Å². The molecule has 0 atom stereocenters. The standard InChI is InChI=1S/C26H32N4O5/c1-3-29-21-18-24-23(34-15-6-16-35-24)17-19(21)25(31)30(26(29)32)14-11-27-9-12-28(13-10-27)20-7-4-5-8-22(20)33-2/h4-5,7-8,17-18H,3,6,9-16H2,1-2H3. The van der Waals surface area contributed by atoms with Crippen molar-refractivity contribution in [1.82, 2.24) is 14.0 Å². The van der Waals surface area contributed by atoms with Crippen LogP contribution in [-0.2, 0) is 13.1 Å². The SMILES string of the molecule is CCn1c(=O)n(CCN2CCN(c3ccccc3OC)CC2)c(=O)c2cc3c(cc21)OCCCO3. The van der Waals surface area contributed by atoms with E-state index in [4.69, 9.17) is 14.2 Å². The minimum atomic E-state index is -0.285. The Morgan fingerprint density at radius 1 is 0.914 bits per heavy atom. The fourth-order valence-electron chi connectivity index (χ4n) is 4.92. The van der Waals surface area contributed by atoms with Crippen molar-refractivity contribution in [3.63, 3.8) is 0 Å². The number of rotatable bonds is 6. The Morgan fingerprint density at radius 3 is 2.34 bits per heavy atom. The lowest BCUT2D eigenvalue weighted by molar-refractivity contribution is 0.244. The molecule has 0 N–H and O–H groups in total. The fraction of sp³-hybridized carbons (Fsp3) is 0.462. The summed E-state index contributed by atoms with van der Waals surface area (Å²) >= 11 is 0. The number of fused-ring (bicyclic) bond motifs is 2. The number of nitrogens with zero attached hydrogens (tertiary/aromatic N) is 4. The smallest absolute Gasteiger partial charge is 0.331 e. The molecule has 1 aromatic heterocycles. The molecule has 3 heterocycles. The molecule has 0 radical (unpaired) electrons. The van der Waals surface area contributed by atoms with E-state index in [2.05, 4.69) is 15.9 Å². The number of anilines is 1. The molecule has 3 aromatic rings. The van der Waals surface area contributed by atoms with Crippen molar-refractivity contribution in [2.24, 2.45) is 0 Å². The van der Waals surface area contributed by atoms with Crippen molar-refractivity contribution in [3.8, 4) is 17.2 Å².